The van der Waals surface area contributed by atoms with E-state index in [1.165, 1.54) is 6.07 Å². The Balaban J connectivity index is 1.52. The van der Waals surface area contributed by atoms with Crippen LogP contribution in [-0.2, 0) is 27.8 Å². The van der Waals surface area contributed by atoms with Crippen molar-refractivity contribution in [3.8, 4) is 5.75 Å². The van der Waals surface area contributed by atoms with Crippen LogP contribution in [0.15, 0.2) is 66.9 Å². The van der Waals surface area contributed by atoms with Crippen molar-refractivity contribution in [2.75, 3.05) is 19.0 Å². The molecule has 0 radical (unpaired) electrons. The van der Waals surface area contributed by atoms with Gasteiger partial charge in [0, 0.05) is 19.7 Å². The number of nitrogens with one attached hydrogen (secondary N) is 2. The molecular weight excluding hydrogens is 438 g/mol. The van der Waals surface area contributed by atoms with Crippen molar-refractivity contribution >= 4 is 29.4 Å². The quantitative estimate of drug-likeness (QED) is 0.472. The van der Waals surface area contributed by atoms with E-state index in [0.29, 0.717) is 12.1 Å². The fourth-order valence-electron chi connectivity index (χ4n) is 3.17. The van der Waals surface area contributed by atoms with Crippen molar-refractivity contribution in [3.05, 3.63) is 83.7 Å². The lowest BCUT2D eigenvalue weighted by Gasteiger charge is -2.11. The SMILES string of the molecule is COc1ccc(CCC(=O)Nc2ccccc2C(=O)OCC(=O)NC(=O)c2cccn2C)cc1. The number of benzene rings is 2. The first-order valence-electron chi connectivity index (χ1n) is 10.5. The highest BCUT2D eigenvalue weighted by molar-refractivity contribution is 6.05. The summed E-state index contributed by atoms with van der Waals surface area (Å²) in [4.78, 5) is 49.0. The van der Waals surface area contributed by atoms with Crippen LogP contribution in [0.2, 0.25) is 0 Å². The summed E-state index contributed by atoms with van der Waals surface area (Å²) in [7, 11) is 3.25. The second kappa shape index (κ2) is 11.5. The maximum Gasteiger partial charge on any atom is 0.340 e. The number of nitrogens with zero attached hydrogens (tertiary/aromatic N) is 1. The number of methoxy groups -OCH3 is 1. The number of imide groups is 1. The Morgan fingerprint density at radius 3 is 2.32 bits per heavy atom. The van der Waals surface area contributed by atoms with E-state index in [4.69, 9.17) is 9.47 Å². The Hall–Kier alpha value is -4.40. The first-order valence-corrected chi connectivity index (χ1v) is 10.5. The van der Waals surface area contributed by atoms with E-state index in [9.17, 15) is 19.2 Å². The number of hydrogen-bond acceptors (Lipinski definition) is 6. The summed E-state index contributed by atoms with van der Waals surface area (Å²) in [5.74, 6) is -1.70. The van der Waals surface area contributed by atoms with E-state index in [0.717, 1.165) is 11.3 Å². The highest BCUT2D eigenvalue weighted by Gasteiger charge is 2.18. The van der Waals surface area contributed by atoms with Gasteiger partial charge in [0.05, 0.1) is 18.4 Å². The van der Waals surface area contributed by atoms with Crippen LogP contribution in [0.3, 0.4) is 0 Å². The van der Waals surface area contributed by atoms with Crippen molar-refractivity contribution in [3.63, 3.8) is 0 Å². The maximum atomic E-state index is 12.5. The molecule has 0 aliphatic rings. The first-order chi connectivity index (χ1) is 16.4. The van der Waals surface area contributed by atoms with Crippen LogP contribution in [0.5, 0.6) is 5.75 Å². The molecule has 3 aromatic rings. The average molecular weight is 463 g/mol. The number of esters is 1. The lowest BCUT2D eigenvalue weighted by atomic mass is 10.1. The molecule has 0 atom stereocenters. The van der Waals surface area contributed by atoms with Gasteiger partial charge in [0.15, 0.2) is 6.61 Å². The molecule has 9 nitrogen and oxygen atoms in total. The summed E-state index contributed by atoms with van der Waals surface area (Å²) in [6.45, 7) is -0.644. The predicted octanol–water partition coefficient (Wildman–Crippen LogP) is 2.72. The number of carbonyl (C=O) groups excluding carboxylic acids is 4. The van der Waals surface area contributed by atoms with E-state index in [2.05, 4.69) is 10.6 Å². The first kappa shape index (κ1) is 24.2. The van der Waals surface area contributed by atoms with Crippen LogP contribution in [-0.4, -0.2) is 42.0 Å². The predicted molar refractivity (Wildman–Crippen MR) is 125 cm³/mol. The molecule has 9 heteroatoms. The maximum absolute atomic E-state index is 12.5. The van der Waals surface area contributed by atoms with Crippen LogP contribution < -0.4 is 15.4 Å². The van der Waals surface area contributed by atoms with Gasteiger partial charge in [-0.25, -0.2) is 4.79 Å². The molecule has 0 fully saturated rings. The number of ether oxygens (including phenoxy) is 2. The number of hydrogen-bond donors (Lipinski definition) is 2. The van der Waals surface area contributed by atoms with Crippen molar-refractivity contribution in [1.82, 2.24) is 9.88 Å². The molecule has 2 aromatic carbocycles. The number of para-hydroxylation sites is 1. The number of amides is 3. The monoisotopic (exact) mass is 463 g/mol. The number of aromatic nitrogens is 1. The zero-order chi connectivity index (χ0) is 24.5. The van der Waals surface area contributed by atoms with E-state index in [-0.39, 0.29) is 23.6 Å². The summed E-state index contributed by atoms with van der Waals surface area (Å²) in [5.41, 5.74) is 1.64. The molecule has 3 rings (SSSR count). The van der Waals surface area contributed by atoms with Gasteiger partial charge in [-0.15, -0.1) is 0 Å². The molecule has 1 aromatic heterocycles. The number of rotatable bonds is 9. The molecule has 0 bridgehead atoms. The lowest BCUT2D eigenvalue weighted by molar-refractivity contribution is -0.123. The lowest BCUT2D eigenvalue weighted by Crippen LogP contribution is -2.35. The fourth-order valence-corrected chi connectivity index (χ4v) is 3.17. The molecule has 34 heavy (non-hydrogen) atoms. The van der Waals surface area contributed by atoms with E-state index < -0.39 is 24.4 Å². The largest absolute Gasteiger partial charge is 0.497 e. The molecule has 1 heterocycles. The molecule has 0 aliphatic heterocycles. The minimum Gasteiger partial charge on any atom is -0.497 e. The van der Waals surface area contributed by atoms with Gasteiger partial charge < -0.3 is 19.4 Å². The third-order valence-electron chi connectivity index (χ3n) is 4.98. The Morgan fingerprint density at radius 1 is 0.912 bits per heavy atom. The Bertz CT molecular complexity index is 1180. The number of aryl methyl sites for hydroxylation is 2. The van der Waals surface area contributed by atoms with Crippen molar-refractivity contribution in [2.24, 2.45) is 7.05 Å². The van der Waals surface area contributed by atoms with Gasteiger partial charge >= 0.3 is 5.97 Å². The van der Waals surface area contributed by atoms with Crippen LogP contribution in [0.1, 0.15) is 32.8 Å². The Labute approximate surface area is 196 Å². The van der Waals surface area contributed by atoms with Gasteiger partial charge in [0.25, 0.3) is 11.8 Å². The molecule has 3 amide bonds. The van der Waals surface area contributed by atoms with E-state index in [1.807, 2.05) is 24.3 Å². The fraction of sp³-hybridized carbons (Fsp3) is 0.200. The summed E-state index contributed by atoms with van der Waals surface area (Å²) in [6, 6.07) is 17.0. The topological polar surface area (TPSA) is 116 Å². The van der Waals surface area contributed by atoms with Crippen LogP contribution >= 0.6 is 0 Å². The summed E-state index contributed by atoms with van der Waals surface area (Å²) >= 11 is 0. The summed E-state index contributed by atoms with van der Waals surface area (Å²) in [5, 5.41) is 4.87. The molecule has 0 unspecified atom stereocenters. The summed E-state index contributed by atoms with van der Waals surface area (Å²) in [6.07, 6.45) is 2.39. The number of anilines is 1. The normalized spacial score (nSPS) is 10.3. The third kappa shape index (κ3) is 6.55. The minimum atomic E-state index is -0.799. The van der Waals surface area contributed by atoms with E-state index in [1.54, 1.807) is 55.3 Å². The van der Waals surface area contributed by atoms with Crippen LogP contribution in [0.4, 0.5) is 5.69 Å². The standard InChI is InChI=1S/C25H25N3O6/c1-28-15-5-8-21(28)24(31)27-23(30)16-34-25(32)19-6-3-4-7-20(19)26-22(29)14-11-17-9-12-18(33-2)13-10-17/h3-10,12-13,15H,11,14,16H2,1-2H3,(H,26,29)(H,27,30,31). The van der Waals surface area contributed by atoms with Gasteiger partial charge in [0.2, 0.25) is 5.91 Å². The van der Waals surface area contributed by atoms with Crippen molar-refractivity contribution in [2.45, 2.75) is 12.8 Å². The second-order valence-corrected chi connectivity index (χ2v) is 7.40. The molecule has 0 aliphatic carbocycles. The molecule has 2 N–H and O–H groups in total. The van der Waals surface area contributed by atoms with Gasteiger partial charge in [0.1, 0.15) is 11.4 Å². The Kier molecular flexibility index (Phi) is 8.17. The zero-order valence-electron chi connectivity index (χ0n) is 18.9. The van der Waals surface area contributed by atoms with Gasteiger partial charge in [-0.2, -0.15) is 0 Å². The third-order valence-corrected chi connectivity index (χ3v) is 4.98. The Morgan fingerprint density at radius 2 is 1.65 bits per heavy atom. The average Bonchev–Trinajstić information content (AvgIpc) is 3.28. The number of carbonyl (C=O) groups is 4. The molecule has 0 saturated heterocycles. The highest BCUT2D eigenvalue weighted by atomic mass is 16.5. The van der Waals surface area contributed by atoms with Crippen LogP contribution in [0, 0.1) is 0 Å². The molecule has 0 spiro atoms. The van der Waals surface area contributed by atoms with Crippen molar-refractivity contribution in [1.29, 1.82) is 0 Å². The second-order valence-electron chi connectivity index (χ2n) is 7.40. The molecule has 176 valence electrons. The minimum absolute atomic E-state index is 0.0989. The summed E-state index contributed by atoms with van der Waals surface area (Å²) < 4.78 is 11.7. The van der Waals surface area contributed by atoms with Gasteiger partial charge in [-0.3, -0.25) is 19.7 Å². The van der Waals surface area contributed by atoms with Crippen molar-refractivity contribution < 1.29 is 28.7 Å². The highest BCUT2D eigenvalue weighted by Crippen LogP contribution is 2.18. The molecular formula is C25H25N3O6. The zero-order valence-corrected chi connectivity index (χ0v) is 18.9. The van der Waals surface area contributed by atoms with E-state index >= 15 is 0 Å². The van der Waals surface area contributed by atoms with Gasteiger partial charge in [-0.05, 0) is 48.4 Å². The molecule has 0 saturated carbocycles. The van der Waals surface area contributed by atoms with Crippen LogP contribution in [0.25, 0.3) is 0 Å². The smallest absolute Gasteiger partial charge is 0.340 e. The van der Waals surface area contributed by atoms with Gasteiger partial charge in [-0.1, -0.05) is 24.3 Å².